The van der Waals surface area contributed by atoms with E-state index in [2.05, 4.69) is 46.7 Å². The van der Waals surface area contributed by atoms with Crippen LogP contribution in [0.1, 0.15) is 11.1 Å². The highest BCUT2D eigenvalue weighted by atomic mass is 32.2. The molecule has 0 saturated heterocycles. The van der Waals surface area contributed by atoms with Crippen molar-refractivity contribution in [3.63, 3.8) is 0 Å². The molecule has 1 amide bonds. The Morgan fingerprint density at radius 2 is 2.05 bits per heavy atom. The molecule has 0 atom stereocenters. The molecule has 0 aliphatic rings. The number of aromatic nitrogens is 2. The summed E-state index contributed by atoms with van der Waals surface area (Å²) >= 11 is 4.52. The number of nitrogens with one attached hydrogen (secondary N) is 1. The van der Waals surface area contributed by atoms with Crippen LogP contribution < -0.4 is 5.32 Å². The Bertz CT molecular complexity index is 568. The van der Waals surface area contributed by atoms with Gasteiger partial charge in [-0.15, -0.1) is 10.2 Å². The van der Waals surface area contributed by atoms with Gasteiger partial charge in [0.15, 0.2) is 4.34 Å². The lowest BCUT2D eigenvalue weighted by Crippen LogP contribution is -2.13. The van der Waals surface area contributed by atoms with E-state index in [9.17, 15) is 4.79 Å². The fourth-order valence-electron chi connectivity index (χ4n) is 1.43. The zero-order valence-electron chi connectivity index (χ0n) is 11.3. The van der Waals surface area contributed by atoms with Crippen LogP contribution in [0.25, 0.3) is 0 Å². The highest BCUT2D eigenvalue weighted by molar-refractivity contribution is 8.00. The molecule has 20 heavy (non-hydrogen) atoms. The number of hydrogen-bond donors (Lipinski definition) is 1. The van der Waals surface area contributed by atoms with E-state index in [1.807, 2.05) is 6.26 Å². The van der Waals surface area contributed by atoms with Crippen LogP contribution in [-0.2, 0) is 10.5 Å². The summed E-state index contributed by atoms with van der Waals surface area (Å²) in [5.74, 6) is 1.25. The Morgan fingerprint density at radius 3 is 2.75 bits per heavy atom. The van der Waals surface area contributed by atoms with Gasteiger partial charge in [0.2, 0.25) is 11.0 Å². The van der Waals surface area contributed by atoms with E-state index in [1.54, 1.807) is 11.8 Å². The summed E-state index contributed by atoms with van der Waals surface area (Å²) in [6, 6.07) is 8.43. The second-order valence-corrected chi connectivity index (χ2v) is 7.19. The third kappa shape index (κ3) is 4.81. The molecule has 0 aliphatic carbocycles. The van der Waals surface area contributed by atoms with Gasteiger partial charge in [-0.05, 0) is 18.7 Å². The fraction of sp³-hybridized carbons (Fsp3) is 0.308. The number of carbonyl (C=O) groups is 1. The first kappa shape index (κ1) is 15.3. The van der Waals surface area contributed by atoms with Gasteiger partial charge in [-0.25, -0.2) is 0 Å². The molecule has 1 heterocycles. The van der Waals surface area contributed by atoms with Crippen LogP contribution in [0.2, 0.25) is 0 Å². The lowest BCUT2D eigenvalue weighted by Gasteiger charge is -1.99. The van der Waals surface area contributed by atoms with E-state index in [0.29, 0.717) is 10.9 Å². The largest absolute Gasteiger partial charge is 0.300 e. The van der Waals surface area contributed by atoms with E-state index in [1.165, 1.54) is 34.2 Å². The summed E-state index contributed by atoms with van der Waals surface area (Å²) in [5.41, 5.74) is 2.51. The molecule has 0 unspecified atom stereocenters. The van der Waals surface area contributed by atoms with Gasteiger partial charge in [0, 0.05) is 5.75 Å². The number of benzene rings is 1. The van der Waals surface area contributed by atoms with E-state index >= 15 is 0 Å². The number of thioether (sulfide) groups is 2. The zero-order chi connectivity index (χ0) is 14.4. The molecule has 0 radical (unpaired) electrons. The molecule has 0 saturated carbocycles. The lowest BCUT2D eigenvalue weighted by atomic mass is 10.2. The minimum atomic E-state index is -0.0382. The Hall–Kier alpha value is -1.05. The van der Waals surface area contributed by atoms with Crippen LogP contribution in [0, 0.1) is 6.92 Å². The van der Waals surface area contributed by atoms with Crippen molar-refractivity contribution < 1.29 is 4.79 Å². The average Bonchev–Trinajstić information content (AvgIpc) is 2.86. The van der Waals surface area contributed by atoms with Crippen LogP contribution in [0.5, 0.6) is 0 Å². The molecule has 0 spiro atoms. The molecule has 2 rings (SSSR count). The number of carbonyl (C=O) groups excluding carboxylic acids is 1. The van der Waals surface area contributed by atoms with Crippen LogP contribution >= 0.6 is 34.9 Å². The predicted octanol–water partition coefficient (Wildman–Crippen LogP) is 3.44. The van der Waals surface area contributed by atoms with Crippen molar-refractivity contribution in [1.82, 2.24) is 10.2 Å². The first-order chi connectivity index (χ1) is 9.67. The standard InChI is InChI=1S/C13H15N3OS3/c1-9-3-5-10(6-4-9)7-19-13-16-15-12(20-13)14-11(17)8-18-2/h3-6H,7-8H2,1-2H3,(H,14,15,17). The summed E-state index contributed by atoms with van der Waals surface area (Å²) in [4.78, 5) is 11.4. The molecular formula is C13H15N3OS3. The van der Waals surface area contributed by atoms with Gasteiger partial charge < -0.3 is 0 Å². The number of aryl methyl sites for hydroxylation is 1. The average molecular weight is 325 g/mol. The second kappa shape index (κ2) is 7.66. The quantitative estimate of drug-likeness (QED) is 0.651. The van der Waals surface area contributed by atoms with Crippen molar-refractivity contribution in [2.45, 2.75) is 17.0 Å². The normalized spacial score (nSPS) is 10.5. The monoisotopic (exact) mass is 325 g/mol. The summed E-state index contributed by atoms with van der Waals surface area (Å²) in [5, 5.41) is 11.3. The molecule has 0 aliphatic heterocycles. The van der Waals surface area contributed by atoms with E-state index in [4.69, 9.17) is 0 Å². The molecular weight excluding hydrogens is 310 g/mol. The highest BCUT2D eigenvalue weighted by Gasteiger charge is 2.08. The van der Waals surface area contributed by atoms with Crippen molar-refractivity contribution in [1.29, 1.82) is 0 Å². The fourth-order valence-corrected chi connectivity index (χ4v) is 3.49. The third-order valence-corrected chi connectivity index (χ3v) is 5.01. The number of anilines is 1. The molecule has 1 aromatic heterocycles. The maximum atomic E-state index is 11.4. The van der Waals surface area contributed by atoms with Crippen LogP contribution in [0.4, 0.5) is 5.13 Å². The summed E-state index contributed by atoms with van der Waals surface area (Å²) in [6.07, 6.45) is 1.89. The van der Waals surface area contributed by atoms with Gasteiger partial charge in [-0.3, -0.25) is 10.1 Å². The van der Waals surface area contributed by atoms with Crippen molar-refractivity contribution >= 4 is 45.9 Å². The first-order valence-corrected chi connectivity index (χ1v) is 9.17. The predicted molar refractivity (Wildman–Crippen MR) is 87.7 cm³/mol. The molecule has 0 fully saturated rings. The molecule has 106 valence electrons. The molecule has 2 aromatic rings. The number of rotatable bonds is 6. The van der Waals surface area contributed by atoms with E-state index < -0.39 is 0 Å². The molecule has 7 heteroatoms. The summed E-state index contributed by atoms with van der Waals surface area (Å²) in [7, 11) is 0. The van der Waals surface area contributed by atoms with E-state index in [0.717, 1.165) is 10.1 Å². The minimum absolute atomic E-state index is 0.0382. The Labute approximate surface area is 130 Å². The minimum Gasteiger partial charge on any atom is -0.300 e. The maximum absolute atomic E-state index is 11.4. The summed E-state index contributed by atoms with van der Waals surface area (Å²) < 4.78 is 0.866. The Morgan fingerprint density at radius 1 is 1.30 bits per heavy atom. The smallest absolute Gasteiger partial charge is 0.236 e. The van der Waals surface area contributed by atoms with Crippen molar-refractivity contribution in [3.05, 3.63) is 35.4 Å². The van der Waals surface area contributed by atoms with Gasteiger partial charge in [-0.1, -0.05) is 52.9 Å². The SMILES string of the molecule is CSCC(=O)Nc1nnc(SCc2ccc(C)cc2)s1. The number of amides is 1. The van der Waals surface area contributed by atoms with Gasteiger partial charge in [0.25, 0.3) is 0 Å². The highest BCUT2D eigenvalue weighted by Crippen LogP contribution is 2.28. The topological polar surface area (TPSA) is 54.9 Å². The first-order valence-electron chi connectivity index (χ1n) is 5.98. The summed E-state index contributed by atoms with van der Waals surface area (Å²) in [6.45, 7) is 2.07. The van der Waals surface area contributed by atoms with Crippen molar-refractivity contribution in [3.8, 4) is 0 Å². The van der Waals surface area contributed by atoms with Crippen LogP contribution in [0.15, 0.2) is 28.6 Å². The van der Waals surface area contributed by atoms with Crippen molar-refractivity contribution in [2.24, 2.45) is 0 Å². The van der Waals surface area contributed by atoms with Gasteiger partial charge in [-0.2, -0.15) is 11.8 Å². The van der Waals surface area contributed by atoms with Crippen molar-refractivity contribution in [2.75, 3.05) is 17.3 Å². The van der Waals surface area contributed by atoms with Gasteiger partial charge >= 0.3 is 0 Å². The Balaban J connectivity index is 1.86. The maximum Gasteiger partial charge on any atom is 0.236 e. The third-order valence-electron chi connectivity index (χ3n) is 2.41. The molecule has 0 bridgehead atoms. The van der Waals surface area contributed by atoms with Gasteiger partial charge in [0.1, 0.15) is 0 Å². The molecule has 1 N–H and O–H groups in total. The second-order valence-electron chi connectivity index (χ2n) is 4.13. The van der Waals surface area contributed by atoms with Crippen LogP contribution in [0.3, 0.4) is 0 Å². The van der Waals surface area contributed by atoms with Crippen LogP contribution in [-0.4, -0.2) is 28.1 Å². The Kier molecular flexibility index (Phi) is 5.87. The lowest BCUT2D eigenvalue weighted by molar-refractivity contribution is -0.113. The zero-order valence-corrected chi connectivity index (χ0v) is 13.7. The molecule has 1 aromatic carbocycles. The van der Waals surface area contributed by atoms with Gasteiger partial charge in [0.05, 0.1) is 5.75 Å². The number of hydrogen-bond acceptors (Lipinski definition) is 6. The van der Waals surface area contributed by atoms with E-state index in [-0.39, 0.29) is 5.91 Å². The number of nitrogens with zero attached hydrogens (tertiary/aromatic N) is 2. The molecule has 4 nitrogen and oxygen atoms in total.